The summed E-state index contributed by atoms with van der Waals surface area (Å²) in [4.78, 5) is 2.68. The van der Waals surface area contributed by atoms with Gasteiger partial charge in [-0.25, -0.2) is 0 Å². The molecular formula is C15H30N2. The summed E-state index contributed by atoms with van der Waals surface area (Å²) in [7, 11) is 0. The van der Waals surface area contributed by atoms with Gasteiger partial charge in [0.2, 0.25) is 0 Å². The fourth-order valence-corrected chi connectivity index (χ4v) is 3.54. The van der Waals surface area contributed by atoms with Crippen LogP contribution in [0.1, 0.15) is 58.3 Å². The van der Waals surface area contributed by atoms with E-state index in [0.717, 1.165) is 12.5 Å². The van der Waals surface area contributed by atoms with Crippen LogP contribution in [0.15, 0.2) is 0 Å². The van der Waals surface area contributed by atoms with Gasteiger partial charge in [0.15, 0.2) is 0 Å². The Bertz CT molecular complexity index is 209. The normalized spacial score (nSPS) is 25.8. The molecule has 1 heterocycles. The maximum absolute atomic E-state index is 5.93. The molecule has 2 fully saturated rings. The zero-order valence-corrected chi connectivity index (χ0v) is 11.6. The summed E-state index contributed by atoms with van der Waals surface area (Å²) in [6.07, 6.45) is 11.2. The summed E-state index contributed by atoms with van der Waals surface area (Å²) < 4.78 is 0. The van der Waals surface area contributed by atoms with Crippen molar-refractivity contribution in [2.45, 2.75) is 58.3 Å². The minimum absolute atomic E-state index is 0.542. The zero-order chi connectivity index (χ0) is 12.1. The zero-order valence-electron chi connectivity index (χ0n) is 11.6. The lowest BCUT2D eigenvalue weighted by Gasteiger charge is -2.43. The van der Waals surface area contributed by atoms with Gasteiger partial charge in [0.25, 0.3) is 0 Å². The van der Waals surface area contributed by atoms with E-state index in [1.165, 1.54) is 71.0 Å². The Labute approximate surface area is 107 Å². The molecule has 2 heteroatoms. The Morgan fingerprint density at radius 2 is 1.94 bits per heavy atom. The number of rotatable bonds is 6. The van der Waals surface area contributed by atoms with Gasteiger partial charge in [0.1, 0.15) is 0 Å². The van der Waals surface area contributed by atoms with Crippen LogP contribution in [0.5, 0.6) is 0 Å². The third kappa shape index (κ3) is 3.45. The van der Waals surface area contributed by atoms with Crippen molar-refractivity contribution in [2.75, 3.05) is 26.2 Å². The van der Waals surface area contributed by atoms with E-state index in [0.29, 0.717) is 5.41 Å². The van der Waals surface area contributed by atoms with Gasteiger partial charge in [-0.05, 0) is 69.6 Å². The molecule has 1 aliphatic heterocycles. The monoisotopic (exact) mass is 238 g/mol. The molecule has 1 saturated carbocycles. The summed E-state index contributed by atoms with van der Waals surface area (Å²) in [6, 6.07) is 0. The predicted octanol–water partition coefficient (Wildman–Crippen LogP) is 3.02. The van der Waals surface area contributed by atoms with E-state index in [4.69, 9.17) is 5.73 Å². The first kappa shape index (κ1) is 13.4. The molecule has 0 radical (unpaired) electrons. The van der Waals surface area contributed by atoms with Gasteiger partial charge in [-0.3, -0.25) is 0 Å². The predicted molar refractivity (Wildman–Crippen MR) is 74.0 cm³/mol. The lowest BCUT2D eigenvalue weighted by molar-refractivity contribution is 0.0917. The smallest absolute Gasteiger partial charge is 0.00130 e. The molecule has 2 nitrogen and oxygen atoms in total. The van der Waals surface area contributed by atoms with Crippen LogP contribution in [0.3, 0.4) is 0 Å². The van der Waals surface area contributed by atoms with Gasteiger partial charge in [-0.1, -0.05) is 26.2 Å². The lowest BCUT2D eigenvalue weighted by Crippen LogP contribution is -2.42. The molecule has 2 N–H and O–H groups in total. The van der Waals surface area contributed by atoms with Gasteiger partial charge in [0, 0.05) is 0 Å². The maximum atomic E-state index is 5.93. The van der Waals surface area contributed by atoms with Crippen LogP contribution in [-0.4, -0.2) is 31.1 Å². The lowest BCUT2D eigenvalue weighted by atomic mass is 9.66. The Hall–Kier alpha value is -0.0800. The molecule has 1 saturated heterocycles. The summed E-state index contributed by atoms with van der Waals surface area (Å²) in [6.45, 7) is 7.21. The van der Waals surface area contributed by atoms with Gasteiger partial charge in [-0.2, -0.15) is 0 Å². The van der Waals surface area contributed by atoms with Crippen molar-refractivity contribution in [1.82, 2.24) is 4.90 Å². The molecule has 0 spiro atoms. The number of nitrogens with two attached hydrogens (primary N) is 1. The number of likely N-dealkylation sites (tertiary alicyclic amines) is 1. The summed E-state index contributed by atoms with van der Waals surface area (Å²) in [5, 5.41) is 0. The number of piperidine rings is 1. The molecule has 0 atom stereocenters. The van der Waals surface area contributed by atoms with Gasteiger partial charge >= 0.3 is 0 Å². The van der Waals surface area contributed by atoms with Crippen molar-refractivity contribution >= 4 is 0 Å². The fraction of sp³-hybridized carbons (Fsp3) is 1.00. The van der Waals surface area contributed by atoms with Crippen molar-refractivity contribution in [2.24, 2.45) is 17.1 Å². The van der Waals surface area contributed by atoms with Crippen LogP contribution in [0, 0.1) is 11.3 Å². The standard InChI is InChI=1S/C15H30N2/c1-2-4-14-5-10-17(11-6-14)12-9-15(13-16)7-3-8-15/h14H,2-13,16H2,1H3. The van der Waals surface area contributed by atoms with E-state index in [2.05, 4.69) is 11.8 Å². The fourth-order valence-electron chi connectivity index (χ4n) is 3.54. The third-order valence-electron chi connectivity index (χ3n) is 5.21. The van der Waals surface area contributed by atoms with Crippen molar-refractivity contribution in [3.8, 4) is 0 Å². The molecule has 17 heavy (non-hydrogen) atoms. The van der Waals surface area contributed by atoms with Gasteiger partial charge in [0.05, 0.1) is 0 Å². The van der Waals surface area contributed by atoms with Crippen LogP contribution >= 0.6 is 0 Å². The largest absolute Gasteiger partial charge is 0.330 e. The van der Waals surface area contributed by atoms with Crippen LogP contribution in [-0.2, 0) is 0 Å². The average Bonchev–Trinajstić information content (AvgIpc) is 2.31. The van der Waals surface area contributed by atoms with E-state index in [1.54, 1.807) is 0 Å². The van der Waals surface area contributed by atoms with E-state index in [-0.39, 0.29) is 0 Å². The molecule has 2 aliphatic rings. The average molecular weight is 238 g/mol. The molecule has 0 amide bonds. The number of nitrogens with zero attached hydrogens (tertiary/aromatic N) is 1. The second-order valence-electron chi connectivity index (χ2n) is 6.38. The molecule has 0 aromatic carbocycles. The van der Waals surface area contributed by atoms with E-state index < -0.39 is 0 Å². The minimum Gasteiger partial charge on any atom is -0.330 e. The highest BCUT2D eigenvalue weighted by atomic mass is 15.1. The SMILES string of the molecule is CCCC1CCN(CCC2(CN)CCC2)CC1. The van der Waals surface area contributed by atoms with Crippen molar-refractivity contribution in [3.63, 3.8) is 0 Å². The Morgan fingerprint density at radius 3 is 2.41 bits per heavy atom. The first-order valence-electron chi connectivity index (χ1n) is 7.70. The highest BCUT2D eigenvalue weighted by Gasteiger charge is 2.35. The van der Waals surface area contributed by atoms with Gasteiger partial charge < -0.3 is 10.6 Å². The molecule has 0 unspecified atom stereocenters. The van der Waals surface area contributed by atoms with Crippen molar-refractivity contribution in [3.05, 3.63) is 0 Å². The minimum atomic E-state index is 0.542. The Balaban J connectivity index is 1.64. The first-order chi connectivity index (χ1) is 8.28. The van der Waals surface area contributed by atoms with E-state index in [1.807, 2.05) is 0 Å². The van der Waals surface area contributed by atoms with Crippen LogP contribution < -0.4 is 5.73 Å². The van der Waals surface area contributed by atoms with Crippen LogP contribution in [0.4, 0.5) is 0 Å². The quantitative estimate of drug-likeness (QED) is 0.771. The maximum Gasteiger partial charge on any atom is -0.00130 e. The summed E-state index contributed by atoms with van der Waals surface area (Å²) in [5.41, 5.74) is 6.47. The number of hydrogen-bond acceptors (Lipinski definition) is 2. The summed E-state index contributed by atoms with van der Waals surface area (Å²) >= 11 is 0. The molecule has 0 aromatic heterocycles. The molecular weight excluding hydrogens is 208 g/mol. The van der Waals surface area contributed by atoms with Crippen LogP contribution in [0.2, 0.25) is 0 Å². The highest BCUT2D eigenvalue weighted by molar-refractivity contribution is 4.89. The number of hydrogen-bond donors (Lipinski definition) is 1. The molecule has 0 aromatic rings. The topological polar surface area (TPSA) is 29.3 Å². The Kier molecular flexibility index (Phi) is 4.87. The van der Waals surface area contributed by atoms with Crippen molar-refractivity contribution in [1.29, 1.82) is 0 Å². The van der Waals surface area contributed by atoms with E-state index >= 15 is 0 Å². The van der Waals surface area contributed by atoms with Crippen LogP contribution in [0.25, 0.3) is 0 Å². The first-order valence-corrected chi connectivity index (χ1v) is 7.70. The van der Waals surface area contributed by atoms with Gasteiger partial charge in [-0.15, -0.1) is 0 Å². The molecule has 0 bridgehead atoms. The summed E-state index contributed by atoms with van der Waals surface area (Å²) in [5.74, 6) is 1.02. The highest BCUT2D eigenvalue weighted by Crippen LogP contribution is 2.43. The van der Waals surface area contributed by atoms with E-state index in [9.17, 15) is 0 Å². The molecule has 2 rings (SSSR count). The Morgan fingerprint density at radius 1 is 1.24 bits per heavy atom. The molecule has 100 valence electrons. The third-order valence-corrected chi connectivity index (χ3v) is 5.21. The molecule has 1 aliphatic carbocycles. The van der Waals surface area contributed by atoms with Crippen molar-refractivity contribution < 1.29 is 0 Å². The second-order valence-corrected chi connectivity index (χ2v) is 6.38. The second kappa shape index (κ2) is 6.19.